The van der Waals surface area contributed by atoms with Gasteiger partial charge >= 0.3 is 0 Å². The van der Waals surface area contributed by atoms with Crippen molar-refractivity contribution in [1.82, 2.24) is 14.7 Å². The Kier molecular flexibility index (Phi) is 5.01. The maximum Gasteiger partial charge on any atom is 0.222 e. The van der Waals surface area contributed by atoms with Crippen LogP contribution in [0.2, 0.25) is 5.02 Å². The second-order valence-corrected chi connectivity index (χ2v) is 6.71. The molecule has 1 amide bonds. The van der Waals surface area contributed by atoms with Crippen molar-refractivity contribution < 1.29 is 4.79 Å². The normalized spacial score (nSPS) is 17.7. The molecule has 1 aromatic carbocycles. The predicted octanol–water partition coefficient (Wildman–Crippen LogP) is 3.10. The molecule has 0 N–H and O–H groups in total. The molecule has 3 rings (SSSR count). The van der Waals surface area contributed by atoms with Gasteiger partial charge in [0.05, 0.1) is 0 Å². The summed E-state index contributed by atoms with van der Waals surface area (Å²) in [6, 6.07) is 10.00. The first-order valence-electron chi connectivity index (χ1n) is 8.11. The van der Waals surface area contributed by atoms with Gasteiger partial charge in [0, 0.05) is 43.5 Å². The number of hydrogen-bond acceptors (Lipinski definition) is 2. The Morgan fingerprint density at radius 3 is 2.78 bits per heavy atom. The van der Waals surface area contributed by atoms with E-state index >= 15 is 0 Å². The minimum atomic E-state index is 0.254. The lowest BCUT2D eigenvalue weighted by molar-refractivity contribution is -0.130. The highest BCUT2D eigenvalue weighted by atomic mass is 35.5. The number of carbonyl (C=O) groups is 1. The zero-order valence-electron chi connectivity index (χ0n) is 13.4. The highest BCUT2D eigenvalue weighted by Gasteiger charge is 2.26. The van der Waals surface area contributed by atoms with Crippen LogP contribution in [-0.4, -0.2) is 33.7 Å². The number of benzene rings is 1. The largest absolute Gasteiger partial charge is 0.342 e. The van der Waals surface area contributed by atoms with E-state index in [0.29, 0.717) is 12.3 Å². The first-order valence-corrected chi connectivity index (χ1v) is 8.48. The summed E-state index contributed by atoms with van der Waals surface area (Å²) in [4.78, 5) is 14.4. The van der Waals surface area contributed by atoms with Gasteiger partial charge in [0.2, 0.25) is 5.91 Å². The van der Waals surface area contributed by atoms with Gasteiger partial charge in [0.25, 0.3) is 0 Å². The van der Waals surface area contributed by atoms with Crippen LogP contribution in [0.4, 0.5) is 0 Å². The molecule has 0 radical (unpaired) electrons. The van der Waals surface area contributed by atoms with E-state index in [4.69, 9.17) is 11.6 Å². The summed E-state index contributed by atoms with van der Waals surface area (Å²) in [5.41, 5.74) is 2.40. The Balaban J connectivity index is 1.48. The molecular formula is C18H22ClN3O. The molecule has 0 bridgehead atoms. The van der Waals surface area contributed by atoms with Gasteiger partial charge in [-0.1, -0.05) is 23.7 Å². The molecule has 5 heteroatoms. The molecule has 1 aliphatic rings. The molecule has 2 aromatic rings. The van der Waals surface area contributed by atoms with Gasteiger partial charge in [-0.25, -0.2) is 0 Å². The summed E-state index contributed by atoms with van der Waals surface area (Å²) >= 11 is 5.92. The third kappa shape index (κ3) is 4.14. The summed E-state index contributed by atoms with van der Waals surface area (Å²) in [6.07, 6.45) is 5.20. The second-order valence-electron chi connectivity index (χ2n) is 6.27. The molecule has 0 aliphatic carbocycles. The zero-order chi connectivity index (χ0) is 16.2. The van der Waals surface area contributed by atoms with Crippen LogP contribution in [0.25, 0.3) is 0 Å². The van der Waals surface area contributed by atoms with E-state index in [2.05, 4.69) is 17.2 Å². The van der Waals surface area contributed by atoms with Gasteiger partial charge in [-0.05, 0) is 48.9 Å². The number of halogens is 1. The molecule has 1 aromatic heterocycles. The Labute approximate surface area is 142 Å². The van der Waals surface area contributed by atoms with E-state index in [1.54, 1.807) is 6.20 Å². The van der Waals surface area contributed by atoms with Crippen LogP contribution in [-0.2, 0) is 24.7 Å². The number of aryl methyl sites for hydroxylation is 2. The van der Waals surface area contributed by atoms with E-state index in [1.165, 1.54) is 5.56 Å². The van der Waals surface area contributed by atoms with Crippen LogP contribution in [0.15, 0.2) is 36.5 Å². The minimum Gasteiger partial charge on any atom is -0.342 e. The Bertz CT molecular complexity index is 665. The van der Waals surface area contributed by atoms with E-state index in [-0.39, 0.29) is 5.91 Å². The first-order chi connectivity index (χ1) is 11.1. The van der Waals surface area contributed by atoms with Crippen molar-refractivity contribution in [3.05, 3.63) is 52.8 Å². The number of rotatable bonds is 5. The molecule has 1 atom stereocenters. The number of carbonyl (C=O) groups excluding carboxylic acids is 1. The smallest absolute Gasteiger partial charge is 0.222 e. The molecule has 1 unspecified atom stereocenters. The van der Waals surface area contributed by atoms with Gasteiger partial charge in [0.15, 0.2) is 0 Å². The molecular weight excluding hydrogens is 310 g/mol. The summed E-state index contributed by atoms with van der Waals surface area (Å²) in [6.45, 7) is 1.75. The van der Waals surface area contributed by atoms with Gasteiger partial charge in [0.1, 0.15) is 0 Å². The van der Waals surface area contributed by atoms with Crippen LogP contribution in [0.3, 0.4) is 0 Å². The summed E-state index contributed by atoms with van der Waals surface area (Å²) in [5, 5.41) is 4.91. The fourth-order valence-electron chi connectivity index (χ4n) is 3.22. The minimum absolute atomic E-state index is 0.254. The van der Waals surface area contributed by atoms with E-state index < -0.39 is 0 Å². The molecule has 1 aliphatic heterocycles. The van der Waals surface area contributed by atoms with E-state index in [9.17, 15) is 4.79 Å². The Hall–Kier alpha value is -1.81. The van der Waals surface area contributed by atoms with Crippen LogP contribution in [0.5, 0.6) is 0 Å². The second kappa shape index (κ2) is 7.18. The van der Waals surface area contributed by atoms with E-state index in [1.807, 2.05) is 34.8 Å². The van der Waals surface area contributed by atoms with Crippen molar-refractivity contribution in [2.75, 3.05) is 13.1 Å². The molecule has 0 spiro atoms. The third-order valence-electron chi connectivity index (χ3n) is 4.59. The van der Waals surface area contributed by atoms with Crippen molar-refractivity contribution in [3.8, 4) is 0 Å². The van der Waals surface area contributed by atoms with Crippen molar-refractivity contribution in [2.24, 2.45) is 13.0 Å². The Morgan fingerprint density at radius 2 is 2.09 bits per heavy atom. The molecule has 23 heavy (non-hydrogen) atoms. The quantitative estimate of drug-likeness (QED) is 0.844. The number of amides is 1. The van der Waals surface area contributed by atoms with E-state index in [0.717, 1.165) is 43.1 Å². The van der Waals surface area contributed by atoms with Crippen molar-refractivity contribution >= 4 is 17.5 Å². The van der Waals surface area contributed by atoms with Gasteiger partial charge < -0.3 is 4.90 Å². The third-order valence-corrected chi connectivity index (χ3v) is 4.85. The topological polar surface area (TPSA) is 38.1 Å². The number of likely N-dealkylation sites (tertiary alicyclic amines) is 1. The fourth-order valence-corrected chi connectivity index (χ4v) is 3.35. The van der Waals surface area contributed by atoms with Crippen LogP contribution < -0.4 is 0 Å². The monoisotopic (exact) mass is 331 g/mol. The van der Waals surface area contributed by atoms with Crippen molar-refractivity contribution in [3.63, 3.8) is 0 Å². The van der Waals surface area contributed by atoms with Crippen LogP contribution in [0, 0.1) is 5.92 Å². The van der Waals surface area contributed by atoms with Crippen molar-refractivity contribution in [1.29, 1.82) is 0 Å². The van der Waals surface area contributed by atoms with Gasteiger partial charge in [-0.15, -0.1) is 0 Å². The van der Waals surface area contributed by atoms with Gasteiger partial charge in [-0.3, -0.25) is 9.48 Å². The molecule has 122 valence electrons. The maximum atomic E-state index is 12.4. The average Bonchev–Trinajstić information content (AvgIpc) is 3.16. The summed E-state index contributed by atoms with van der Waals surface area (Å²) in [5.74, 6) is 0.807. The highest BCUT2D eigenvalue weighted by Crippen LogP contribution is 2.22. The highest BCUT2D eigenvalue weighted by molar-refractivity contribution is 6.30. The molecule has 1 fully saturated rings. The molecule has 0 saturated carbocycles. The maximum absolute atomic E-state index is 12.4. The standard InChI is InChI=1S/C18H22ClN3O/c1-21-17(8-10-20-21)6-7-18(23)22-11-9-15(13-22)12-14-2-4-16(19)5-3-14/h2-5,8,10,15H,6-7,9,11-13H2,1H3. The van der Waals surface area contributed by atoms with Gasteiger partial charge in [-0.2, -0.15) is 5.10 Å². The summed E-state index contributed by atoms with van der Waals surface area (Å²) < 4.78 is 1.83. The van der Waals surface area contributed by atoms with Crippen LogP contribution >= 0.6 is 11.6 Å². The number of nitrogens with zero attached hydrogens (tertiary/aromatic N) is 3. The van der Waals surface area contributed by atoms with Crippen LogP contribution in [0.1, 0.15) is 24.1 Å². The number of hydrogen-bond donors (Lipinski definition) is 0. The molecule has 4 nitrogen and oxygen atoms in total. The number of aromatic nitrogens is 2. The zero-order valence-corrected chi connectivity index (χ0v) is 14.2. The van der Waals surface area contributed by atoms with Crippen molar-refractivity contribution in [2.45, 2.75) is 25.7 Å². The fraction of sp³-hybridized carbons (Fsp3) is 0.444. The molecule has 2 heterocycles. The average molecular weight is 332 g/mol. The lowest BCUT2D eigenvalue weighted by atomic mass is 9.99. The molecule has 1 saturated heterocycles. The lowest BCUT2D eigenvalue weighted by Crippen LogP contribution is -2.29. The Morgan fingerprint density at radius 1 is 1.30 bits per heavy atom. The summed E-state index contributed by atoms with van der Waals surface area (Å²) in [7, 11) is 1.91. The lowest BCUT2D eigenvalue weighted by Gasteiger charge is -2.16. The first kappa shape index (κ1) is 16.1. The predicted molar refractivity (Wildman–Crippen MR) is 91.4 cm³/mol. The SMILES string of the molecule is Cn1nccc1CCC(=O)N1CCC(Cc2ccc(Cl)cc2)C1.